The highest BCUT2D eigenvalue weighted by Crippen LogP contribution is 2.21. The van der Waals surface area contributed by atoms with E-state index in [1.165, 1.54) is 0 Å². The summed E-state index contributed by atoms with van der Waals surface area (Å²) in [7, 11) is 0. The van der Waals surface area contributed by atoms with Crippen molar-refractivity contribution >= 4 is 23.4 Å². The maximum Gasteiger partial charge on any atom is 0.261 e. The van der Waals surface area contributed by atoms with E-state index < -0.39 is 6.04 Å². The average molecular weight is 417 g/mol. The van der Waals surface area contributed by atoms with Crippen LogP contribution >= 0.6 is 11.6 Å². The Balaban J connectivity index is 2.12. The second-order valence-electron chi connectivity index (χ2n) is 7.20. The minimum Gasteiger partial charge on any atom is -0.484 e. The molecule has 2 rings (SSSR count). The number of aryl methyl sites for hydroxylation is 1. The second-order valence-corrected chi connectivity index (χ2v) is 7.61. The fraction of sp³-hybridized carbons (Fsp3) is 0.391. The summed E-state index contributed by atoms with van der Waals surface area (Å²) >= 11 is 6.04. The van der Waals surface area contributed by atoms with Gasteiger partial charge in [-0.15, -0.1) is 0 Å². The lowest BCUT2D eigenvalue weighted by atomic mass is 10.1. The lowest BCUT2D eigenvalue weighted by Gasteiger charge is -2.29. The zero-order valence-electron chi connectivity index (χ0n) is 17.4. The lowest BCUT2D eigenvalue weighted by Crippen LogP contribution is -2.50. The van der Waals surface area contributed by atoms with Crippen molar-refractivity contribution in [3.05, 3.63) is 64.7 Å². The van der Waals surface area contributed by atoms with E-state index in [4.69, 9.17) is 16.3 Å². The first-order valence-electron chi connectivity index (χ1n) is 9.84. The number of carbonyl (C=O) groups is 2. The van der Waals surface area contributed by atoms with Crippen molar-refractivity contribution < 1.29 is 14.3 Å². The highest BCUT2D eigenvalue weighted by atomic mass is 35.5. The third kappa shape index (κ3) is 6.79. The number of carbonyl (C=O) groups excluding carboxylic acids is 2. The number of halogens is 1. The van der Waals surface area contributed by atoms with Crippen LogP contribution in [0.5, 0.6) is 5.75 Å². The lowest BCUT2D eigenvalue weighted by molar-refractivity contribution is -0.142. The van der Waals surface area contributed by atoms with Gasteiger partial charge in [-0.3, -0.25) is 9.59 Å². The zero-order valence-corrected chi connectivity index (χ0v) is 18.2. The summed E-state index contributed by atoms with van der Waals surface area (Å²) < 4.78 is 5.67. The molecule has 2 aromatic carbocycles. The highest BCUT2D eigenvalue weighted by Gasteiger charge is 2.27. The van der Waals surface area contributed by atoms with Gasteiger partial charge in [-0.05, 0) is 56.5 Å². The molecule has 0 aliphatic rings. The third-order valence-electron chi connectivity index (χ3n) is 4.86. The standard InChI is InChI=1S/C23H29ClN2O3/c1-5-17(3)25-23(28)18(4)26(14-19-9-7-6-8-10-19)22(27)15-29-20-11-12-21(24)16(2)13-20/h6-13,17-18H,5,14-15H2,1-4H3,(H,25,28)/t17-,18-/m0/s1. The van der Waals surface area contributed by atoms with Crippen LogP contribution in [0.4, 0.5) is 0 Å². The van der Waals surface area contributed by atoms with Gasteiger partial charge >= 0.3 is 0 Å². The molecule has 0 saturated heterocycles. The van der Waals surface area contributed by atoms with Gasteiger partial charge in [0.05, 0.1) is 0 Å². The smallest absolute Gasteiger partial charge is 0.261 e. The van der Waals surface area contributed by atoms with Gasteiger partial charge in [0.2, 0.25) is 5.91 Å². The van der Waals surface area contributed by atoms with Crippen molar-refractivity contribution in [1.29, 1.82) is 0 Å². The molecule has 2 amide bonds. The molecule has 0 aromatic heterocycles. The molecule has 0 heterocycles. The molecule has 0 radical (unpaired) electrons. The Bertz CT molecular complexity index is 826. The fourth-order valence-corrected chi connectivity index (χ4v) is 2.88. The van der Waals surface area contributed by atoms with Crippen LogP contribution in [-0.4, -0.2) is 35.4 Å². The number of amides is 2. The quantitative estimate of drug-likeness (QED) is 0.660. The number of nitrogens with zero attached hydrogens (tertiary/aromatic N) is 1. The van der Waals surface area contributed by atoms with E-state index in [1.807, 2.05) is 51.1 Å². The molecule has 0 aliphatic heterocycles. The van der Waals surface area contributed by atoms with Crippen LogP contribution in [0.15, 0.2) is 48.5 Å². The van der Waals surface area contributed by atoms with Crippen LogP contribution in [-0.2, 0) is 16.1 Å². The molecule has 156 valence electrons. The molecular formula is C23H29ClN2O3. The van der Waals surface area contributed by atoms with E-state index in [9.17, 15) is 9.59 Å². The molecule has 0 unspecified atom stereocenters. The van der Waals surface area contributed by atoms with E-state index in [2.05, 4.69) is 5.32 Å². The number of hydrogen-bond donors (Lipinski definition) is 1. The zero-order chi connectivity index (χ0) is 21.4. The largest absolute Gasteiger partial charge is 0.484 e. The van der Waals surface area contributed by atoms with Gasteiger partial charge in [0, 0.05) is 17.6 Å². The fourth-order valence-electron chi connectivity index (χ4n) is 2.76. The summed E-state index contributed by atoms with van der Waals surface area (Å²) in [4.78, 5) is 27.2. The molecule has 0 saturated carbocycles. The van der Waals surface area contributed by atoms with Crippen LogP contribution in [0.25, 0.3) is 0 Å². The van der Waals surface area contributed by atoms with Crippen molar-refractivity contribution in [2.45, 2.75) is 52.7 Å². The first kappa shape index (κ1) is 22.8. The third-order valence-corrected chi connectivity index (χ3v) is 5.28. The Morgan fingerprint density at radius 3 is 2.45 bits per heavy atom. The van der Waals surface area contributed by atoms with Gasteiger partial charge in [0.25, 0.3) is 5.91 Å². The summed E-state index contributed by atoms with van der Waals surface area (Å²) in [6.07, 6.45) is 0.824. The van der Waals surface area contributed by atoms with Crippen molar-refractivity contribution in [3.63, 3.8) is 0 Å². The number of benzene rings is 2. The van der Waals surface area contributed by atoms with Crippen molar-refractivity contribution in [2.24, 2.45) is 0 Å². The van der Waals surface area contributed by atoms with Crippen LogP contribution in [0.3, 0.4) is 0 Å². The summed E-state index contributed by atoms with van der Waals surface area (Å²) in [5.74, 6) is 0.135. The topological polar surface area (TPSA) is 58.6 Å². The van der Waals surface area contributed by atoms with Crippen LogP contribution < -0.4 is 10.1 Å². The van der Waals surface area contributed by atoms with E-state index in [0.717, 1.165) is 17.5 Å². The van der Waals surface area contributed by atoms with Crippen molar-refractivity contribution in [3.8, 4) is 5.75 Å². The maximum atomic E-state index is 13.0. The second kappa shape index (κ2) is 10.9. The summed E-state index contributed by atoms with van der Waals surface area (Å²) in [6.45, 7) is 7.74. The van der Waals surface area contributed by atoms with Gasteiger partial charge in [-0.2, -0.15) is 0 Å². The SMILES string of the molecule is CC[C@H](C)NC(=O)[C@H](C)N(Cc1ccccc1)C(=O)COc1ccc(Cl)c(C)c1. The van der Waals surface area contributed by atoms with Gasteiger partial charge in [-0.1, -0.05) is 48.9 Å². The Kier molecular flexibility index (Phi) is 8.52. The molecule has 5 nitrogen and oxygen atoms in total. The predicted molar refractivity (Wildman–Crippen MR) is 116 cm³/mol. The Labute approximate surface area is 178 Å². The van der Waals surface area contributed by atoms with E-state index in [0.29, 0.717) is 17.3 Å². The average Bonchev–Trinajstić information content (AvgIpc) is 2.72. The Hall–Kier alpha value is -2.53. The normalized spacial score (nSPS) is 12.7. The van der Waals surface area contributed by atoms with E-state index >= 15 is 0 Å². The van der Waals surface area contributed by atoms with Gasteiger partial charge < -0.3 is 15.0 Å². The number of ether oxygens (including phenoxy) is 1. The Morgan fingerprint density at radius 1 is 1.14 bits per heavy atom. The number of rotatable bonds is 9. The summed E-state index contributed by atoms with van der Waals surface area (Å²) in [5.41, 5.74) is 1.82. The maximum absolute atomic E-state index is 13.0. The monoisotopic (exact) mass is 416 g/mol. The summed E-state index contributed by atoms with van der Waals surface area (Å²) in [5, 5.41) is 3.59. The summed E-state index contributed by atoms with van der Waals surface area (Å²) in [6, 6.07) is 14.3. The molecule has 2 atom stereocenters. The van der Waals surface area contributed by atoms with Crippen molar-refractivity contribution in [1.82, 2.24) is 10.2 Å². The highest BCUT2D eigenvalue weighted by molar-refractivity contribution is 6.31. The van der Waals surface area contributed by atoms with E-state index in [-0.39, 0.29) is 24.5 Å². The molecule has 1 N–H and O–H groups in total. The van der Waals surface area contributed by atoms with Crippen molar-refractivity contribution in [2.75, 3.05) is 6.61 Å². The van der Waals surface area contributed by atoms with Gasteiger partial charge in [0.15, 0.2) is 6.61 Å². The number of hydrogen-bond acceptors (Lipinski definition) is 3. The number of nitrogens with one attached hydrogen (secondary N) is 1. The van der Waals surface area contributed by atoms with Gasteiger partial charge in [-0.25, -0.2) is 0 Å². The molecule has 2 aromatic rings. The van der Waals surface area contributed by atoms with Crippen LogP contribution in [0.1, 0.15) is 38.3 Å². The first-order valence-corrected chi connectivity index (χ1v) is 10.2. The van der Waals surface area contributed by atoms with Gasteiger partial charge in [0.1, 0.15) is 11.8 Å². The van der Waals surface area contributed by atoms with Crippen LogP contribution in [0.2, 0.25) is 5.02 Å². The minimum atomic E-state index is -0.618. The first-order chi connectivity index (χ1) is 13.8. The molecular weight excluding hydrogens is 388 g/mol. The van der Waals surface area contributed by atoms with E-state index in [1.54, 1.807) is 30.0 Å². The molecule has 29 heavy (non-hydrogen) atoms. The molecule has 0 bridgehead atoms. The Morgan fingerprint density at radius 2 is 1.83 bits per heavy atom. The minimum absolute atomic E-state index is 0.0481. The molecule has 0 aliphatic carbocycles. The molecule has 0 spiro atoms. The predicted octanol–water partition coefficient (Wildman–Crippen LogP) is 4.36. The molecule has 6 heteroatoms. The molecule has 0 fully saturated rings. The van der Waals surface area contributed by atoms with Crippen LogP contribution in [0, 0.1) is 6.92 Å².